The van der Waals surface area contributed by atoms with Gasteiger partial charge in [-0.25, -0.2) is 9.36 Å². The van der Waals surface area contributed by atoms with Gasteiger partial charge in [0.25, 0.3) is 0 Å². The molecule has 2 saturated carbocycles. The molecule has 0 bridgehead atoms. The van der Waals surface area contributed by atoms with E-state index in [1.807, 2.05) is 12.2 Å². The van der Waals surface area contributed by atoms with Crippen molar-refractivity contribution in [2.24, 2.45) is 22.7 Å². The fourth-order valence-corrected chi connectivity index (χ4v) is 7.58. The highest BCUT2D eigenvalue weighted by atomic mass is 31.2. The molecule has 0 amide bonds. The van der Waals surface area contributed by atoms with Crippen LogP contribution in [0.2, 0.25) is 0 Å². The first-order valence-electron chi connectivity index (χ1n) is 10.5. The van der Waals surface area contributed by atoms with Crippen molar-refractivity contribution < 1.29 is 27.7 Å². The maximum absolute atomic E-state index is 12.7. The Balaban J connectivity index is 1.60. The summed E-state index contributed by atoms with van der Waals surface area (Å²) in [5.41, 5.74) is 1.55. The number of carbonyl (C=O) groups excluding carboxylic acids is 1. The average molecular weight is 422 g/mol. The summed E-state index contributed by atoms with van der Waals surface area (Å²) in [6, 6.07) is 0. The molecule has 3 fully saturated rings. The van der Waals surface area contributed by atoms with E-state index in [1.165, 1.54) is 5.57 Å². The Morgan fingerprint density at radius 1 is 1.34 bits per heavy atom. The average Bonchev–Trinajstić information content (AvgIpc) is 3.07. The van der Waals surface area contributed by atoms with Gasteiger partial charge in [0.05, 0.1) is 24.9 Å². The Kier molecular flexibility index (Phi) is 5.44. The Hall–Kier alpha value is -1.20. The van der Waals surface area contributed by atoms with E-state index in [0.29, 0.717) is 31.3 Å². The van der Waals surface area contributed by atoms with Crippen LogP contribution in [0.25, 0.3) is 0 Å². The van der Waals surface area contributed by atoms with Gasteiger partial charge in [0.2, 0.25) is 0 Å². The highest BCUT2D eigenvalue weighted by Gasteiger charge is 2.61. The van der Waals surface area contributed by atoms with E-state index in [1.54, 1.807) is 6.92 Å². The number of phosphoric ester groups is 1. The van der Waals surface area contributed by atoms with E-state index in [9.17, 15) is 9.36 Å². The fraction of sp³-hybridized carbons (Fsp3) is 0.682. The minimum atomic E-state index is -3.47. The van der Waals surface area contributed by atoms with Crippen LogP contribution in [0.15, 0.2) is 36.0 Å². The van der Waals surface area contributed by atoms with Crippen LogP contribution in [0.3, 0.4) is 0 Å². The molecular formula is C22H31O6P. The van der Waals surface area contributed by atoms with E-state index < -0.39 is 7.82 Å². The second-order valence-corrected chi connectivity index (χ2v) is 10.7. The van der Waals surface area contributed by atoms with E-state index in [-0.39, 0.29) is 28.8 Å². The maximum Gasteiger partial charge on any atom is 0.475 e. The van der Waals surface area contributed by atoms with Crippen LogP contribution in [-0.4, -0.2) is 31.9 Å². The van der Waals surface area contributed by atoms with Crippen molar-refractivity contribution in [1.29, 1.82) is 0 Å². The molecule has 29 heavy (non-hydrogen) atoms. The van der Waals surface area contributed by atoms with Gasteiger partial charge in [0, 0.05) is 11.3 Å². The van der Waals surface area contributed by atoms with Crippen LogP contribution in [0.1, 0.15) is 46.5 Å². The molecule has 1 unspecified atom stereocenters. The Labute approximate surface area is 172 Å². The molecule has 6 nitrogen and oxygen atoms in total. The summed E-state index contributed by atoms with van der Waals surface area (Å²) >= 11 is 0. The third kappa shape index (κ3) is 3.48. The van der Waals surface area contributed by atoms with E-state index >= 15 is 0 Å². The van der Waals surface area contributed by atoms with Crippen LogP contribution in [0.5, 0.6) is 0 Å². The zero-order valence-corrected chi connectivity index (χ0v) is 18.4. The van der Waals surface area contributed by atoms with Gasteiger partial charge in [-0.1, -0.05) is 38.2 Å². The first kappa shape index (κ1) is 21.0. The summed E-state index contributed by atoms with van der Waals surface area (Å²) in [7, 11) is -3.47. The third-order valence-electron chi connectivity index (χ3n) is 7.48. The van der Waals surface area contributed by atoms with Crippen LogP contribution in [-0.2, 0) is 27.7 Å². The van der Waals surface area contributed by atoms with Crippen molar-refractivity contribution in [2.75, 3.05) is 19.8 Å². The first-order chi connectivity index (χ1) is 13.7. The molecule has 0 aromatic rings. The Morgan fingerprint density at radius 3 is 2.83 bits per heavy atom. The van der Waals surface area contributed by atoms with Gasteiger partial charge in [0.15, 0.2) is 0 Å². The zero-order chi connectivity index (χ0) is 20.9. The standard InChI is InChI=1S/C22H31O6P/c1-5-26-29(24)27-14-22(4)18-9-6-15(2)17(8-7-16-11-13-25-20(16)23)21(18,3)12-10-19(22)28-29/h7-8,11,17-19H,2,5-6,9-10,12-14H2,1,3-4H3/b8-7+/t17-,18+,19-,21+,22+,29?/m1/s1. The minimum Gasteiger partial charge on any atom is -0.458 e. The van der Waals surface area contributed by atoms with Crippen molar-refractivity contribution in [3.63, 3.8) is 0 Å². The maximum atomic E-state index is 12.7. The first-order valence-corrected chi connectivity index (χ1v) is 12.0. The second-order valence-electron chi connectivity index (χ2n) is 9.13. The topological polar surface area (TPSA) is 71.1 Å². The van der Waals surface area contributed by atoms with E-state index in [2.05, 4.69) is 26.5 Å². The van der Waals surface area contributed by atoms with Gasteiger partial charge < -0.3 is 4.74 Å². The number of hydrogen-bond acceptors (Lipinski definition) is 6. The molecule has 160 valence electrons. The molecule has 7 heteroatoms. The molecule has 6 atom stereocenters. The molecule has 2 heterocycles. The van der Waals surface area contributed by atoms with Gasteiger partial charge in [-0.2, -0.15) is 0 Å². The number of allylic oxidation sites excluding steroid dienone is 2. The summed E-state index contributed by atoms with van der Waals surface area (Å²) in [4.78, 5) is 11.8. The molecule has 2 aliphatic heterocycles. The number of esters is 1. The molecule has 2 aliphatic carbocycles. The van der Waals surface area contributed by atoms with Crippen LogP contribution in [0, 0.1) is 22.7 Å². The number of hydrogen-bond donors (Lipinski definition) is 0. The molecular weight excluding hydrogens is 391 g/mol. The molecule has 0 aromatic carbocycles. The van der Waals surface area contributed by atoms with Crippen molar-refractivity contribution in [2.45, 2.75) is 52.6 Å². The molecule has 4 rings (SSSR count). The Bertz CT molecular complexity index is 816. The number of carbonyl (C=O) groups is 1. The number of cyclic esters (lactones) is 1. The van der Waals surface area contributed by atoms with Crippen molar-refractivity contribution in [3.05, 3.63) is 36.0 Å². The van der Waals surface area contributed by atoms with Crippen molar-refractivity contribution in [3.8, 4) is 0 Å². The van der Waals surface area contributed by atoms with Crippen LogP contribution >= 0.6 is 7.82 Å². The second kappa shape index (κ2) is 7.49. The molecule has 0 spiro atoms. The molecule has 0 radical (unpaired) electrons. The highest BCUT2D eigenvalue weighted by Crippen LogP contribution is 2.67. The van der Waals surface area contributed by atoms with Crippen LogP contribution < -0.4 is 0 Å². The lowest BCUT2D eigenvalue weighted by Crippen LogP contribution is -2.59. The minimum absolute atomic E-state index is 0.0280. The van der Waals surface area contributed by atoms with Crippen molar-refractivity contribution in [1.82, 2.24) is 0 Å². The SMILES string of the molecule is C=C1CC[C@@H]2[C@]3(C)COP(=O)(OCC)O[C@@H]3CC[C@@]2(C)[C@@H]1/C=C/C1=CCOC1=O. The largest absolute Gasteiger partial charge is 0.475 e. The van der Waals surface area contributed by atoms with Gasteiger partial charge >= 0.3 is 13.8 Å². The van der Waals surface area contributed by atoms with E-state index in [0.717, 1.165) is 25.7 Å². The summed E-state index contributed by atoms with van der Waals surface area (Å²) in [6.07, 6.45) is 9.35. The van der Waals surface area contributed by atoms with Gasteiger partial charge in [-0.3, -0.25) is 13.6 Å². The fourth-order valence-electron chi connectivity index (χ4n) is 5.97. The highest BCUT2D eigenvalue weighted by molar-refractivity contribution is 7.48. The predicted octanol–water partition coefficient (Wildman–Crippen LogP) is 4.97. The van der Waals surface area contributed by atoms with Crippen molar-refractivity contribution >= 4 is 13.8 Å². The number of rotatable bonds is 4. The quantitative estimate of drug-likeness (QED) is 0.362. The lowest BCUT2D eigenvalue weighted by Gasteiger charge is -2.61. The predicted molar refractivity (Wildman–Crippen MR) is 109 cm³/mol. The van der Waals surface area contributed by atoms with Gasteiger partial charge in [-0.15, -0.1) is 0 Å². The number of fused-ring (bicyclic) bond motifs is 3. The lowest BCUT2D eigenvalue weighted by molar-refractivity contribution is -0.167. The zero-order valence-electron chi connectivity index (χ0n) is 17.5. The lowest BCUT2D eigenvalue weighted by atomic mass is 9.46. The summed E-state index contributed by atoms with van der Waals surface area (Å²) in [5, 5.41) is 0. The monoisotopic (exact) mass is 422 g/mol. The van der Waals surface area contributed by atoms with Crippen LogP contribution in [0.4, 0.5) is 0 Å². The van der Waals surface area contributed by atoms with Gasteiger partial charge in [0.1, 0.15) is 6.61 Å². The molecule has 4 aliphatic rings. The van der Waals surface area contributed by atoms with Gasteiger partial charge in [-0.05, 0) is 50.0 Å². The van der Waals surface area contributed by atoms with E-state index in [4.69, 9.17) is 18.3 Å². The molecule has 0 aromatic heterocycles. The number of ether oxygens (including phenoxy) is 1. The number of phosphoric acid groups is 1. The normalized spacial score (nSPS) is 44.9. The molecule has 0 N–H and O–H groups in total. The smallest absolute Gasteiger partial charge is 0.458 e. The third-order valence-corrected chi connectivity index (χ3v) is 9.01. The summed E-state index contributed by atoms with van der Waals surface area (Å²) in [6.45, 7) is 11.7. The Morgan fingerprint density at radius 2 is 2.14 bits per heavy atom. The summed E-state index contributed by atoms with van der Waals surface area (Å²) < 4.78 is 34.7. The molecule has 1 saturated heterocycles. The summed E-state index contributed by atoms with van der Waals surface area (Å²) in [5.74, 6) is 0.225.